The van der Waals surface area contributed by atoms with E-state index in [1.807, 2.05) is 13.0 Å². The van der Waals surface area contributed by atoms with Gasteiger partial charge in [-0.05, 0) is 64.7 Å². The van der Waals surface area contributed by atoms with E-state index in [4.69, 9.17) is 9.47 Å². The molecular weight excluding hydrogens is 597 g/mol. The lowest BCUT2D eigenvalue weighted by molar-refractivity contribution is -0.288. The molecule has 1 unspecified atom stereocenters. The Labute approximate surface area is 216 Å². The van der Waals surface area contributed by atoms with Gasteiger partial charge in [-0.15, -0.1) is 20.7 Å². The molecule has 0 spiro atoms. The quantitative estimate of drug-likeness (QED) is 0.133. The van der Waals surface area contributed by atoms with Crippen molar-refractivity contribution in [1.82, 2.24) is 0 Å². The Morgan fingerprint density at radius 2 is 1.42 bits per heavy atom. The summed E-state index contributed by atoms with van der Waals surface area (Å²) in [5.41, 5.74) is -5.08. The van der Waals surface area contributed by atoms with Crippen molar-refractivity contribution in [3.8, 4) is 11.5 Å². The SMILES string of the molecule is C=C(C)CC1=IC(C)CCC(Oc2ccc(C(c3ccc(OC)cc3)(C(F)(F)F)C(F)(F)F)cc2)=C1. The molecule has 0 amide bonds. The number of alkyl halides is 7. The van der Waals surface area contributed by atoms with Crippen molar-refractivity contribution in [1.29, 1.82) is 0 Å². The topological polar surface area (TPSA) is 18.5 Å². The van der Waals surface area contributed by atoms with Crippen LogP contribution in [-0.2, 0) is 5.41 Å². The second-order valence-corrected chi connectivity index (χ2v) is 12.9. The van der Waals surface area contributed by atoms with E-state index in [-0.39, 0.29) is 32.2 Å². The van der Waals surface area contributed by atoms with E-state index in [9.17, 15) is 26.3 Å². The smallest absolute Gasteiger partial charge is 0.411 e. The summed E-state index contributed by atoms with van der Waals surface area (Å²) in [4.78, 5) is 0. The second-order valence-electron chi connectivity index (χ2n) is 8.72. The summed E-state index contributed by atoms with van der Waals surface area (Å²) in [5.74, 6) is 0.980. The number of rotatable bonds is 7. The minimum Gasteiger partial charge on any atom is -0.497 e. The molecule has 9 heteroatoms. The Balaban J connectivity index is 2.01. The largest absolute Gasteiger partial charge is 0.497 e. The molecule has 1 atom stereocenters. The average molecular weight is 624 g/mol. The summed E-state index contributed by atoms with van der Waals surface area (Å²) in [6, 6.07) is 7.76. The molecule has 0 saturated carbocycles. The van der Waals surface area contributed by atoms with Crippen LogP contribution in [0.2, 0.25) is 0 Å². The van der Waals surface area contributed by atoms with Gasteiger partial charge in [-0.1, -0.05) is 43.3 Å². The van der Waals surface area contributed by atoms with Gasteiger partial charge in [0.2, 0.25) is 5.41 Å². The van der Waals surface area contributed by atoms with Crippen LogP contribution in [0.5, 0.6) is 11.5 Å². The molecule has 0 saturated heterocycles. The van der Waals surface area contributed by atoms with Gasteiger partial charge in [0, 0.05) is 10.3 Å². The first-order chi connectivity index (χ1) is 16.8. The summed E-state index contributed by atoms with van der Waals surface area (Å²) in [7, 11) is 1.28. The minimum absolute atomic E-state index is 0.150. The van der Waals surface area contributed by atoms with Crippen molar-refractivity contribution in [2.75, 3.05) is 7.11 Å². The van der Waals surface area contributed by atoms with Gasteiger partial charge in [-0.2, -0.15) is 26.3 Å². The molecule has 36 heavy (non-hydrogen) atoms. The maximum Gasteiger partial charge on any atom is 0.411 e. The third-order valence-corrected chi connectivity index (χ3v) is 8.99. The third kappa shape index (κ3) is 5.98. The number of halogens is 7. The van der Waals surface area contributed by atoms with Crippen LogP contribution in [0, 0.1) is 0 Å². The third-order valence-electron chi connectivity index (χ3n) is 5.81. The Bertz CT molecular complexity index is 1110. The predicted octanol–water partition coefficient (Wildman–Crippen LogP) is 8.66. The van der Waals surface area contributed by atoms with Crippen molar-refractivity contribution < 1.29 is 35.8 Å². The van der Waals surface area contributed by atoms with Crippen molar-refractivity contribution >= 4 is 24.2 Å². The molecule has 2 aromatic rings. The van der Waals surface area contributed by atoms with Crippen LogP contribution in [0.4, 0.5) is 26.3 Å². The Kier molecular flexibility index (Phi) is 8.63. The van der Waals surface area contributed by atoms with Crippen molar-refractivity contribution in [3.63, 3.8) is 0 Å². The highest BCUT2D eigenvalue weighted by Crippen LogP contribution is 2.56. The van der Waals surface area contributed by atoms with Crippen LogP contribution in [0.25, 0.3) is 0 Å². The number of hydrogen-bond acceptors (Lipinski definition) is 2. The first kappa shape index (κ1) is 28.3. The van der Waals surface area contributed by atoms with Crippen molar-refractivity contribution in [2.45, 2.75) is 54.8 Å². The first-order valence-electron chi connectivity index (χ1n) is 11.2. The van der Waals surface area contributed by atoms with E-state index in [2.05, 4.69) is 13.5 Å². The van der Waals surface area contributed by atoms with E-state index in [1.165, 1.54) is 10.6 Å². The minimum atomic E-state index is -5.65. The van der Waals surface area contributed by atoms with E-state index in [0.717, 1.165) is 66.9 Å². The maximum absolute atomic E-state index is 14.3. The van der Waals surface area contributed by atoms with Gasteiger partial charge in [-0.3, -0.25) is 0 Å². The molecule has 2 nitrogen and oxygen atoms in total. The van der Waals surface area contributed by atoms with E-state index in [0.29, 0.717) is 16.1 Å². The summed E-state index contributed by atoms with van der Waals surface area (Å²) in [6.07, 6.45) is -7.04. The number of ether oxygens (including phenoxy) is 2. The fraction of sp³-hybridized carbons (Fsp3) is 0.370. The zero-order valence-electron chi connectivity index (χ0n) is 20.1. The normalized spacial score (nSPS) is 17.3. The Morgan fingerprint density at radius 3 is 1.86 bits per heavy atom. The molecule has 1 aliphatic heterocycles. The van der Waals surface area contributed by atoms with Gasteiger partial charge < -0.3 is 9.47 Å². The standard InChI is InChI=1S/C27H27F6IO2/c1-17(2)15-21-16-24(10-5-18(3)34-21)36-23-13-8-20(9-14-23)25(26(28,29)30,27(31,32)33)19-6-11-22(35-4)12-7-19/h6-9,11-14,16,18H,1,5,10,15H2,2-4H3. The summed E-state index contributed by atoms with van der Waals surface area (Å²) < 4.78 is 98.6. The summed E-state index contributed by atoms with van der Waals surface area (Å²) >= 11 is -0.216. The van der Waals surface area contributed by atoms with Gasteiger partial charge in [0.15, 0.2) is 0 Å². The second kappa shape index (κ2) is 11.0. The fourth-order valence-corrected chi connectivity index (χ4v) is 7.51. The lowest BCUT2D eigenvalue weighted by Gasteiger charge is -2.38. The van der Waals surface area contributed by atoms with Crippen LogP contribution >= 0.6 is 20.7 Å². The van der Waals surface area contributed by atoms with Crippen LogP contribution in [-0.4, -0.2) is 26.9 Å². The zero-order valence-corrected chi connectivity index (χ0v) is 22.2. The highest BCUT2D eigenvalue weighted by atomic mass is 127. The molecule has 2 aromatic carbocycles. The summed E-state index contributed by atoms with van der Waals surface area (Å²) in [6.45, 7) is 8.07. The molecule has 0 aromatic heterocycles. The molecule has 0 N–H and O–H groups in total. The number of benzene rings is 2. The molecule has 1 aliphatic rings. The zero-order chi connectivity index (χ0) is 26.7. The highest BCUT2D eigenvalue weighted by molar-refractivity contribution is 14.2. The van der Waals surface area contributed by atoms with Crippen LogP contribution in [0.3, 0.4) is 0 Å². The number of methoxy groups -OCH3 is 1. The Hall–Kier alpha value is -2.30. The van der Waals surface area contributed by atoms with Gasteiger partial charge in [0.05, 0.1) is 7.11 Å². The highest BCUT2D eigenvalue weighted by Gasteiger charge is 2.72. The number of hydrogen-bond donors (Lipinski definition) is 0. The molecule has 0 fully saturated rings. The molecule has 196 valence electrons. The Morgan fingerprint density at radius 1 is 0.917 bits per heavy atom. The first-order valence-corrected chi connectivity index (χ1v) is 13.5. The monoisotopic (exact) mass is 624 g/mol. The molecule has 0 radical (unpaired) electrons. The molecule has 1 heterocycles. The molecular formula is C27H27F6IO2. The van der Waals surface area contributed by atoms with Gasteiger partial charge in [0.1, 0.15) is 17.3 Å². The molecule has 0 aliphatic carbocycles. The molecule has 0 bridgehead atoms. The van der Waals surface area contributed by atoms with Crippen LogP contribution in [0.1, 0.15) is 44.2 Å². The maximum atomic E-state index is 14.3. The summed E-state index contributed by atoms with van der Waals surface area (Å²) in [5, 5.41) is 0. The van der Waals surface area contributed by atoms with E-state index in [1.54, 1.807) is 0 Å². The van der Waals surface area contributed by atoms with E-state index >= 15 is 0 Å². The van der Waals surface area contributed by atoms with Gasteiger partial charge in [0.25, 0.3) is 0 Å². The van der Waals surface area contributed by atoms with Gasteiger partial charge >= 0.3 is 12.4 Å². The lowest BCUT2D eigenvalue weighted by atomic mass is 9.73. The average Bonchev–Trinajstić information content (AvgIpc) is 2.93. The predicted molar refractivity (Wildman–Crippen MR) is 138 cm³/mol. The molecule has 3 rings (SSSR count). The van der Waals surface area contributed by atoms with Gasteiger partial charge in [-0.25, -0.2) is 0 Å². The van der Waals surface area contributed by atoms with Crippen molar-refractivity contribution in [2.24, 2.45) is 0 Å². The van der Waals surface area contributed by atoms with Crippen molar-refractivity contribution in [3.05, 3.63) is 83.6 Å². The fourth-order valence-electron chi connectivity index (χ4n) is 4.12. The van der Waals surface area contributed by atoms with Crippen LogP contribution < -0.4 is 9.47 Å². The number of allylic oxidation sites excluding steroid dienone is 3. The van der Waals surface area contributed by atoms with Crippen LogP contribution in [0.15, 0.2) is 72.5 Å². The van der Waals surface area contributed by atoms with E-state index < -0.39 is 28.9 Å². The lowest BCUT2D eigenvalue weighted by Crippen LogP contribution is -2.54.